The van der Waals surface area contributed by atoms with Gasteiger partial charge in [0.05, 0.1) is 17.2 Å². The Morgan fingerprint density at radius 3 is 2.92 bits per heavy atom. The molecule has 2 unspecified atom stereocenters. The zero-order valence-electron chi connectivity index (χ0n) is 7.40. The summed E-state index contributed by atoms with van der Waals surface area (Å²) in [6.07, 6.45) is 3.17. The molecule has 0 saturated heterocycles. The van der Waals surface area contributed by atoms with Gasteiger partial charge in [0.25, 0.3) is 0 Å². The van der Waals surface area contributed by atoms with E-state index >= 15 is 0 Å². The molecule has 68 valence electrons. The zero-order valence-corrected chi connectivity index (χ0v) is 8.21. The van der Waals surface area contributed by atoms with Crippen LogP contribution in [0.5, 0.6) is 0 Å². The molecule has 0 bridgehead atoms. The average molecular weight is 186 g/mol. The SMILES string of the molecule is CCC(C)CC(O)c1cnns1. The number of hydrogen-bond acceptors (Lipinski definition) is 4. The molecule has 1 heterocycles. The van der Waals surface area contributed by atoms with Crippen LogP contribution in [0.3, 0.4) is 0 Å². The molecule has 2 atom stereocenters. The van der Waals surface area contributed by atoms with Crippen molar-refractivity contribution in [1.29, 1.82) is 0 Å². The van der Waals surface area contributed by atoms with Crippen molar-refractivity contribution in [2.45, 2.75) is 32.8 Å². The predicted octanol–water partition coefficient (Wildman–Crippen LogP) is 2.01. The van der Waals surface area contributed by atoms with Crippen LogP contribution in [0, 0.1) is 5.92 Å². The zero-order chi connectivity index (χ0) is 8.97. The van der Waals surface area contributed by atoms with E-state index in [1.165, 1.54) is 11.5 Å². The van der Waals surface area contributed by atoms with Crippen LogP contribution in [0.2, 0.25) is 0 Å². The Labute approximate surface area is 76.6 Å². The van der Waals surface area contributed by atoms with E-state index in [-0.39, 0.29) is 6.10 Å². The van der Waals surface area contributed by atoms with Gasteiger partial charge in [0.15, 0.2) is 0 Å². The van der Waals surface area contributed by atoms with E-state index in [0.717, 1.165) is 17.7 Å². The van der Waals surface area contributed by atoms with Crippen molar-refractivity contribution in [2.75, 3.05) is 0 Å². The van der Waals surface area contributed by atoms with Crippen LogP contribution in [0.1, 0.15) is 37.7 Å². The summed E-state index contributed by atoms with van der Waals surface area (Å²) in [7, 11) is 0. The predicted molar refractivity (Wildman–Crippen MR) is 48.9 cm³/mol. The Hall–Kier alpha value is -0.480. The minimum absolute atomic E-state index is 0.375. The lowest BCUT2D eigenvalue weighted by atomic mass is 10.0. The smallest absolute Gasteiger partial charge is 0.0916 e. The quantitative estimate of drug-likeness (QED) is 0.782. The number of rotatable bonds is 4. The van der Waals surface area contributed by atoms with E-state index in [0.29, 0.717) is 5.92 Å². The van der Waals surface area contributed by atoms with Crippen molar-refractivity contribution in [3.8, 4) is 0 Å². The van der Waals surface area contributed by atoms with Crippen molar-refractivity contribution in [3.63, 3.8) is 0 Å². The first-order valence-corrected chi connectivity index (χ1v) is 4.96. The molecule has 0 fully saturated rings. The van der Waals surface area contributed by atoms with E-state index in [2.05, 4.69) is 23.4 Å². The van der Waals surface area contributed by atoms with Gasteiger partial charge in [-0.15, -0.1) is 5.10 Å². The summed E-state index contributed by atoms with van der Waals surface area (Å²) in [6.45, 7) is 4.26. The molecule has 1 N–H and O–H groups in total. The van der Waals surface area contributed by atoms with Gasteiger partial charge in [-0.05, 0) is 23.9 Å². The highest BCUT2D eigenvalue weighted by Gasteiger charge is 2.12. The largest absolute Gasteiger partial charge is 0.387 e. The van der Waals surface area contributed by atoms with Crippen LogP contribution < -0.4 is 0 Å². The second-order valence-electron chi connectivity index (χ2n) is 3.08. The molecule has 0 amide bonds. The number of aliphatic hydroxyl groups excluding tert-OH is 1. The molecule has 0 saturated carbocycles. The van der Waals surface area contributed by atoms with Crippen molar-refractivity contribution >= 4 is 11.5 Å². The van der Waals surface area contributed by atoms with Crippen LogP contribution >= 0.6 is 11.5 Å². The third kappa shape index (κ3) is 2.53. The maximum Gasteiger partial charge on any atom is 0.0916 e. The molecular formula is C8H14N2OS. The summed E-state index contributed by atoms with van der Waals surface area (Å²) in [4.78, 5) is 0.871. The van der Waals surface area contributed by atoms with Gasteiger partial charge in [0.2, 0.25) is 0 Å². The normalized spacial score (nSPS) is 15.9. The topological polar surface area (TPSA) is 46.0 Å². The summed E-state index contributed by atoms with van der Waals surface area (Å²) in [5.41, 5.74) is 0. The molecule has 1 rings (SSSR count). The van der Waals surface area contributed by atoms with E-state index in [4.69, 9.17) is 0 Å². The lowest BCUT2D eigenvalue weighted by molar-refractivity contribution is 0.150. The Balaban J connectivity index is 2.44. The van der Waals surface area contributed by atoms with Gasteiger partial charge in [-0.1, -0.05) is 24.8 Å². The average Bonchev–Trinajstić information content (AvgIpc) is 2.56. The molecule has 0 aliphatic carbocycles. The van der Waals surface area contributed by atoms with Crippen molar-refractivity contribution < 1.29 is 5.11 Å². The van der Waals surface area contributed by atoms with Crippen LogP contribution in [0.4, 0.5) is 0 Å². The molecule has 0 aliphatic rings. The Kier molecular flexibility index (Phi) is 3.62. The Morgan fingerprint density at radius 2 is 2.42 bits per heavy atom. The number of aromatic nitrogens is 2. The lowest BCUT2D eigenvalue weighted by Crippen LogP contribution is -2.01. The van der Waals surface area contributed by atoms with E-state index < -0.39 is 0 Å². The molecule has 1 aromatic heterocycles. The standard InChI is InChI=1S/C8H14N2OS/c1-3-6(2)4-7(11)8-5-9-10-12-8/h5-7,11H,3-4H2,1-2H3. The van der Waals surface area contributed by atoms with Gasteiger partial charge in [0.1, 0.15) is 0 Å². The molecule has 0 aromatic carbocycles. The van der Waals surface area contributed by atoms with Crippen LogP contribution in [-0.4, -0.2) is 14.7 Å². The van der Waals surface area contributed by atoms with Gasteiger partial charge in [0, 0.05) is 0 Å². The summed E-state index contributed by atoms with van der Waals surface area (Å²) >= 11 is 1.27. The second-order valence-corrected chi connectivity index (χ2v) is 3.90. The molecule has 4 heteroatoms. The Bertz CT molecular complexity index is 213. The molecule has 0 aliphatic heterocycles. The lowest BCUT2D eigenvalue weighted by Gasteiger charge is -2.11. The first-order valence-electron chi connectivity index (χ1n) is 4.19. The van der Waals surface area contributed by atoms with Gasteiger partial charge >= 0.3 is 0 Å². The minimum atomic E-state index is -0.375. The molecular weight excluding hydrogens is 172 g/mol. The van der Waals surface area contributed by atoms with Crippen molar-refractivity contribution in [1.82, 2.24) is 9.59 Å². The number of aliphatic hydroxyl groups is 1. The van der Waals surface area contributed by atoms with Crippen LogP contribution in [0.15, 0.2) is 6.20 Å². The number of nitrogens with zero attached hydrogens (tertiary/aromatic N) is 2. The second kappa shape index (κ2) is 4.52. The van der Waals surface area contributed by atoms with Gasteiger partial charge in [-0.2, -0.15) is 0 Å². The third-order valence-corrected chi connectivity index (χ3v) is 2.79. The Morgan fingerprint density at radius 1 is 1.67 bits per heavy atom. The third-order valence-electron chi connectivity index (χ3n) is 2.03. The van der Waals surface area contributed by atoms with Gasteiger partial charge < -0.3 is 5.11 Å². The van der Waals surface area contributed by atoms with E-state index in [9.17, 15) is 5.11 Å². The maximum absolute atomic E-state index is 9.64. The maximum atomic E-state index is 9.64. The highest BCUT2D eigenvalue weighted by molar-refractivity contribution is 7.05. The summed E-state index contributed by atoms with van der Waals surface area (Å²) < 4.78 is 3.71. The van der Waals surface area contributed by atoms with E-state index in [1.807, 2.05) is 0 Å². The number of hydrogen-bond donors (Lipinski definition) is 1. The highest BCUT2D eigenvalue weighted by Crippen LogP contribution is 2.23. The van der Waals surface area contributed by atoms with Gasteiger partial charge in [-0.3, -0.25) is 0 Å². The fourth-order valence-corrected chi connectivity index (χ4v) is 1.49. The fraction of sp³-hybridized carbons (Fsp3) is 0.750. The van der Waals surface area contributed by atoms with Crippen molar-refractivity contribution in [2.24, 2.45) is 5.92 Å². The molecule has 3 nitrogen and oxygen atoms in total. The van der Waals surface area contributed by atoms with Crippen molar-refractivity contribution in [3.05, 3.63) is 11.1 Å². The minimum Gasteiger partial charge on any atom is -0.387 e. The summed E-state index contributed by atoms with van der Waals surface area (Å²) in [5.74, 6) is 0.557. The van der Waals surface area contributed by atoms with Crippen LogP contribution in [-0.2, 0) is 0 Å². The van der Waals surface area contributed by atoms with Gasteiger partial charge in [-0.25, -0.2) is 0 Å². The molecule has 12 heavy (non-hydrogen) atoms. The summed E-state index contributed by atoms with van der Waals surface area (Å²) in [6, 6.07) is 0. The monoisotopic (exact) mass is 186 g/mol. The molecule has 1 aromatic rings. The molecule has 0 spiro atoms. The highest BCUT2D eigenvalue weighted by atomic mass is 32.1. The first-order chi connectivity index (χ1) is 5.74. The van der Waals surface area contributed by atoms with E-state index in [1.54, 1.807) is 6.20 Å². The van der Waals surface area contributed by atoms with Crippen LogP contribution in [0.25, 0.3) is 0 Å². The summed E-state index contributed by atoms with van der Waals surface area (Å²) in [5, 5.41) is 13.3. The molecule has 0 radical (unpaired) electrons. The first kappa shape index (κ1) is 9.61. The fourth-order valence-electron chi connectivity index (χ4n) is 0.986.